The lowest BCUT2D eigenvalue weighted by atomic mass is 10.1. The van der Waals surface area contributed by atoms with Crippen LogP contribution >= 0.6 is 22.9 Å². The van der Waals surface area contributed by atoms with Crippen molar-refractivity contribution in [3.05, 3.63) is 81.3 Å². The summed E-state index contributed by atoms with van der Waals surface area (Å²) >= 11 is 7.23. The molecule has 0 radical (unpaired) electrons. The monoisotopic (exact) mass is 364 g/mol. The predicted molar refractivity (Wildman–Crippen MR) is 90.7 cm³/mol. The van der Waals surface area contributed by atoms with Crippen molar-refractivity contribution < 1.29 is 13.6 Å². The van der Waals surface area contributed by atoms with E-state index >= 15 is 0 Å². The second-order valence-corrected chi connectivity index (χ2v) is 6.57. The molecule has 0 spiro atoms. The maximum Gasteiger partial charge on any atom is 0.260 e. The van der Waals surface area contributed by atoms with E-state index in [2.05, 4.69) is 10.3 Å². The van der Waals surface area contributed by atoms with Gasteiger partial charge in [0.25, 0.3) is 5.91 Å². The molecule has 0 aliphatic heterocycles. The first kappa shape index (κ1) is 16.5. The van der Waals surface area contributed by atoms with E-state index in [-0.39, 0.29) is 5.56 Å². The molecule has 1 aromatic heterocycles. The SMILES string of the molecule is O=C(Nc1ncc(Cc2cccc(Cl)c2)s1)c1ccc(F)cc1F. The summed E-state index contributed by atoms with van der Waals surface area (Å²) in [5.74, 6) is -2.32. The Morgan fingerprint density at radius 2 is 2.04 bits per heavy atom. The highest BCUT2D eigenvalue weighted by atomic mass is 35.5. The normalized spacial score (nSPS) is 10.6. The van der Waals surface area contributed by atoms with Gasteiger partial charge < -0.3 is 0 Å². The minimum absolute atomic E-state index is 0.233. The van der Waals surface area contributed by atoms with Crippen LogP contribution in [0, 0.1) is 11.6 Å². The summed E-state index contributed by atoms with van der Waals surface area (Å²) in [5.41, 5.74) is 0.789. The molecule has 0 fully saturated rings. The molecule has 122 valence electrons. The van der Waals surface area contributed by atoms with Gasteiger partial charge in [0, 0.05) is 28.6 Å². The first-order valence-electron chi connectivity index (χ1n) is 6.97. The van der Waals surface area contributed by atoms with Crippen molar-refractivity contribution in [2.45, 2.75) is 6.42 Å². The van der Waals surface area contributed by atoms with Gasteiger partial charge in [-0.25, -0.2) is 13.8 Å². The predicted octanol–water partition coefficient (Wildman–Crippen LogP) is 4.92. The fraction of sp³-hybridized carbons (Fsp3) is 0.0588. The minimum atomic E-state index is -0.914. The Bertz CT molecular complexity index is 898. The van der Waals surface area contributed by atoms with Crippen LogP contribution in [0.4, 0.5) is 13.9 Å². The fourth-order valence-corrected chi connectivity index (χ4v) is 3.19. The smallest absolute Gasteiger partial charge is 0.260 e. The fourth-order valence-electron chi connectivity index (χ4n) is 2.13. The van der Waals surface area contributed by atoms with Crippen molar-refractivity contribution >= 4 is 34.0 Å². The number of amides is 1. The molecule has 3 nitrogen and oxygen atoms in total. The van der Waals surface area contributed by atoms with Crippen molar-refractivity contribution in [2.75, 3.05) is 5.32 Å². The third-order valence-corrected chi connectivity index (χ3v) is 4.37. The van der Waals surface area contributed by atoms with Crippen LogP contribution in [0.15, 0.2) is 48.7 Å². The first-order chi connectivity index (χ1) is 11.5. The molecule has 2 aromatic carbocycles. The minimum Gasteiger partial charge on any atom is -0.298 e. The van der Waals surface area contributed by atoms with Crippen LogP contribution in [0.5, 0.6) is 0 Å². The Labute approximate surface area is 145 Å². The van der Waals surface area contributed by atoms with Gasteiger partial charge >= 0.3 is 0 Å². The molecule has 24 heavy (non-hydrogen) atoms. The molecular weight excluding hydrogens is 354 g/mol. The zero-order chi connectivity index (χ0) is 17.1. The van der Waals surface area contributed by atoms with Crippen molar-refractivity contribution in [1.29, 1.82) is 0 Å². The van der Waals surface area contributed by atoms with E-state index in [1.807, 2.05) is 18.2 Å². The van der Waals surface area contributed by atoms with Gasteiger partial charge in [-0.05, 0) is 29.8 Å². The van der Waals surface area contributed by atoms with Gasteiger partial charge in [-0.15, -0.1) is 11.3 Å². The number of hydrogen-bond acceptors (Lipinski definition) is 3. The molecule has 3 aromatic rings. The first-order valence-corrected chi connectivity index (χ1v) is 8.16. The Morgan fingerprint density at radius 1 is 1.21 bits per heavy atom. The zero-order valence-corrected chi connectivity index (χ0v) is 13.8. The number of aromatic nitrogens is 1. The number of halogens is 3. The molecule has 0 aliphatic rings. The number of carbonyl (C=O) groups excluding carboxylic acids is 1. The van der Waals surface area contributed by atoms with E-state index in [4.69, 9.17) is 11.6 Å². The summed E-state index contributed by atoms with van der Waals surface area (Å²) in [6, 6.07) is 10.2. The van der Waals surface area contributed by atoms with E-state index in [0.717, 1.165) is 22.6 Å². The molecular formula is C17H11ClF2N2OS. The van der Waals surface area contributed by atoms with Gasteiger partial charge in [0.15, 0.2) is 5.13 Å². The molecule has 0 saturated carbocycles. The second-order valence-electron chi connectivity index (χ2n) is 5.02. The highest BCUT2D eigenvalue weighted by Crippen LogP contribution is 2.23. The molecule has 7 heteroatoms. The third kappa shape index (κ3) is 3.96. The van der Waals surface area contributed by atoms with Gasteiger partial charge in [-0.3, -0.25) is 10.1 Å². The van der Waals surface area contributed by atoms with Crippen molar-refractivity contribution in [3.63, 3.8) is 0 Å². The number of nitrogens with one attached hydrogen (secondary N) is 1. The number of rotatable bonds is 4. The molecule has 1 amide bonds. The summed E-state index contributed by atoms with van der Waals surface area (Å²) in [4.78, 5) is 17.1. The van der Waals surface area contributed by atoms with Crippen molar-refractivity contribution in [2.24, 2.45) is 0 Å². The third-order valence-electron chi connectivity index (χ3n) is 3.22. The van der Waals surface area contributed by atoms with E-state index in [9.17, 15) is 13.6 Å². The Kier molecular flexibility index (Phi) is 4.87. The molecule has 0 bridgehead atoms. The largest absolute Gasteiger partial charge is 0.298 e. The van der Waals surface area contributed by atoms with Crippen LogP contribution in [0.3, 0.4) is 0 Å². The van der Waals surface area contributed by atoms with Crippen LogP contribution in [0.2, 0.25) is 5.02 Å². The lowest BCUT2D eigenvalue weighted by Gasteiger charge is -2.03. The number of benzene rings is 2. The lowest BCUT2D eigenvalue weighted by molar-refractivity contribution is 0.102. The quantitative estimate of drug-likeness (QED) is 0.714. The van der Waals surface area contributed by atoms with Crippen LogP contribution < -0.4 is 5.32 Å². The van der Waals surface area contributed by atoms with Crippen LogP contribution in [0.25, 0.3) is 0 Å². The van der Waals surface area contributed by atoms with E-state index in [0.29, 0.717) is 22.6 Å². The number of thiazole rings is 1. The highest BCUT2D eigenvalue weighted by Gasteiger charge is 2.14. The van der Waals surface area contributed by atoms with Gasteiger partial charge in [0.1, 0.15) is 11.6 Å². The Morgan fingerprint density at radius 3 is 2.79 bits per heavy atom. The number of nitrogens with zero attached hydrogens (tertiary/aromatic N) is 1. The topological polar surface area (TPSA) is 42.0 Å². The zero-order valence-electron chi connectivity index (χ0n) is 12.2. The van der Waals surface area contributed by atoms with Crippen LogP contribution in [-0.4, -0.2) is 10.9 Å². The second kappa shape index (κ2) is 7.07. The molecule has 1 N–H and O–H groups in total. The summed E-state index contributed by atoms with van der Waals surface area (Å²) in [5, 5.41) is 3.51. The molecule has 0 atom stereocenters. The van der Waals surface area contributed by atoms with E-state index < -0.39 is 17.5 Å². The molecule has 0 saturated heterocycles. The van der Waals surface area contributed by atoms with Crippen LogP contribution in [0.1, 0.15) is 20.8 Å². The summed E-state index contributed by atoms with van der Waals surface area (Å²) in [6.45, 7) is 0. The van der Waals surface area contributed by atoms with Gasteiger partial charge in [0.2, 0.25) is 0 Å². The molecule has 1 heterocycles. The van der Waals surface area contributed by atoms with Crippen molar-refractivity contribution in [1.82, 2.24) is 4.98 Å². The maximum atomic E-state index is 13.6. The van der Waals surface area contributed by atoms with Gasteiger partial charge in [-0.2, -0.15) is 0 Å². The number of anilines is 1. The number of carbonyl (C=O) groups is 1. The average molecular weight is 365 g/mol. The average Bonchev–Trinajstić information content (AvgIpc) is 2.94. The summed E-state index contributed by atoms with van der Waals surface area (Å²) in [6.07, 6.45) is 2.27. The molecule has 0 aliphatic carbocycles. The van der Waals surface area contributed by atoms with Crippen LogP contribution in [-0.2, 0) is 6.42 Å². The number of hydrogen-bond donors (Lipinski definition) is 1. The maximum absolute atomic E-state index is 13.6. The van der Waals surface area contributed by atoms with Gasteiger partial charge in [0.05, 0.1) is 5.56 Å². The standard InChI is InChI=1S/C17H11ClF2N2OS/c18-11-3-1-2-10(6-11)7-13-9-21-17(24-13)22-16(23)14-5-4-12(19)8-15(14)20/h1-6,8-9H,7H2,(H,21,22,23). The Hall–Kier alpha value is -2.31. The molecule has 3 rings (SSSR count). The summed E-state index contributed by atoms with van der Waals surface area (Å²) in [7, 11) is 0. The highest BCUT2D eigenvalue weighted by molar-refractivity contribution is 7.15. The Balaban J connectivity index is 1.70. The van der Waals surface area contributed by atoms with E-state index in [1.54, 1.807) is 12.3 Å². The van der Waals surface area contributed by atoms with Gasteiger partial charge in [-0.1, -0.05) is 23.7 Å². The van der Waals surface area contributed by atoms with Crippen molar-refractivity contribution in [3.8, 4) is 0 Å². The summed E-state index contributed by atoms with van der Waals surface area (Å²) < 4.78 is 26.5. The van der Waals surface area contributed by atoms with E-state index in [1.165, 1.54) is 11.3 Å². The molecule has 0 unspecified atom stereocenters. The lowest BCUT2D eigenvalue weighted by Crippen LogP contribution is -2.13.